The molecule has 2 aliphatic carbocycles. The van der Waals surface area contributed by atoms with E-state index >= 15 is 4.79 Å². The van der Waals surface area contributed by atoms with Crippen molar-refractivity contribution in [1.82, 2.24) is 4.90 Å². The van der Waals surface area contributed by atoms with E-state index in [-0.39, 0.29) is 76.0 Å². The molecule has 1 fully saturated rings. The fraction of sp³-hybridized carbons (Fsp3) is 0.365. The molecule has 1 aliphatic heterocycles. The number of allylic oxidation sites excluding steroid dienone is 1. The third kappa shape index (κ3) is 13.4. The molecule has 14 nitrogen and oxygen atoms in total. The molecule has 78 heavy (non-hydrogen) atoms. The summed E-state index contributed by atoms with van der Waals surface area (Å²) in [5, 5.41) is 38.8. The molecule has 3 aliphatic rings. The Morgan fingerprint density at radius 3 is 2.33 bits per heavy atom. The topological polar surface area (TPSA) is 172 Å². The van der Waals surface area contributed by atoms with Crippen LogP contribution in [0, 0.1) is 27.9 Å². The van der Waals surface area contributed by atoms with Crippen molar-refractivity contribution in [2.75, 3.05) is 45.4 Å². The standard InChI is InChI=1S/C63H69N3O11S/c1-2-34-75-63-59(65(42-49-21-15-20-47-18-9-10-24-53(47)49)62(69)74-36-35-72-43-45-16-5-3-6-17-45)41-57(64-76-44-46-26-28-50(29-27-46)66(70)71)55-39-48(19-11-13-32-67)54(25-12-14-33-68)60(61(55)63)56-40-51(30-31-58(56)77-63)73-37-38-78-52-22-7-4-8-23-52/h2-10,15-18,20-24,26-31,39-40,48,54,59-61,67-68H,1,11-14,19,25,32-38,41-44H2. The first-order chi connectivity index (χ1) is 38.3. The van der Waals surface area contributed by atoms with Crippen molar-refractivity contribution in [1.29, 1.82) is 0 Å². The van der Waals surface area contributed by atoms with Gasteiger partial charge in [-0.1, -0.05) is 121 Å². The molecule has 2 N–H and O–H groups in total. The number of amides is 1. The number of thioether (sulfide) groups is 1. The normalized spacial score (nSPS) is 20.7. The minimum Gasteiger partial charge on any atom is -0.493 e. The number of hydrogen-bond acceptors (Lipinski definition) is 13. The summed E-state index contributed by atoms with van der Waals surface area (Å²) in [7, 11) is 0. The molecule has 0 bridgehead atoms. The van der Waals surface area contributed by atoms with Gasteiger partial charge < -0.3 is 38.7 Å². The molecule has 1 saturated carbocycles. The number of nitrogens with zero attached hydrogens (tertiary/aromatic N) is 3. The van der Waals surface area contributed by atoms with E-state index in [9.17, 15) is 20.3 Å². The Labute approximate surface area is 460 Å². The van der Waals surface area contributed by atoms with E-state index in [1.54, 1.807) is 34.9 Å². The molecule has 0 aromatic heterocycles. The number of benzene rings is 6. The summed E-state index contributed by atoms with van der Waals surface area (Å²) < 4.78 is 33.7. The summed E-state index contributed by atoms with van der Waals surface area (Å²) >= 11 is 1.72. The number of unbranched alkanes of at least 4 members (excludes halogenated alkanes) is 2. The molecule has 6 atom stereocenters. The van der Waals surface area contributed by atoms with Crippen LogP contribution in [0.4, 0.5) is 10.5 Å². The monoisotopic (exact) mass is 1080 g/mol. The van der Waals surface area contributed by atoms with Gasteiger partial charge in [-0.25, -0.2) is 4.79 Å². The Hall–Kier alpha value is -7.01. The lowest BCUT2D eigenvalue weighted by molar-refractivity contribution is -0.384. The average Bonchev–Trinajstić information content (AvgIpc) is 3.59. The predicted molar refractivity (Wildman–Crippen MR) is 302 cm³/mol. The second-order valence-corrected chi connectivity index (χ2v) is 21.1. The highest BCUT2D eigenvalue weighted by Gasteiger charge is 2.66. The van der Waals surface area contributed by atoms with E-state index in [2.05, 4.69) is 36.9 Å². The molecule has 6 aromatic carbocycles. The highest BCUT2D eigenvalue weighted by Crippen LogP contribution is 2.62. The molecule has 1 amide bonds. The lowest BCUT2D eigenvalue weighted by atomic mass is 9.55. The number of aliphatic hydroxyl groups excluding tert-OH is 2. The Bertz CT molecular complexity index is 2990. The Kier molecular flexibility index (Phi) is 19.7. The number of hydrogen-bond donors (Lipinski definition) is 2. The number of non-ortho nitro benzene ring substituents is 1. The van der Waals surface area contributed by atoms with E-state index < -0.39 is 28.8 Å². The van der Waals surface area contributed by atoms with Gasteiger partial charge in [-0.15, -0.1) is 18.3 Å². The van der Waals surface area contributed by atoms with Gasteiger partial charge in [-0.3, -0.25) is 15.0 Å². The molecule has 0 radical (unpaired) electrons. The zero-order valence-electron chi connectivity index (χ0n) is 43.9. The van der Waals surface area contributed by atoms with Crippen LogP contribution < -0.4 is 9.47 Å². The van der Waals surface area contributed by atoms with Gasteiger partial charge in [-0.2, -0.15) is 0 Å². The summed E-state index contributed by atoms with van der Waals surface area (Å²) in [6.45, 7) is 5.36. The summed E-state index contributed by atoms with van der Waals surface area (Å²) in [6, 6.07) is 45.5. The first kappa shape index (κ1) is 55.7. The SMILES string of the molecule is C=CCOC12Oc3ccc(OCCSc4ccccc4)cc3C3C(CCCCO)C(CCCCO)C=C(C(=NOCc4ccc([N+](=O)[O-])cc4)CC1N(Cc1cccc4ccccc14)C(=O)OCCOCc1ccccc1)C32. The third-order valence-electron chi connectivity index (χ3n) is 15.0. The average molecular weight is 1080 g/mol. The number of oxime groups is 1. The van der Waals surface area contributed by atoms with Crippen molar-refractivity contribution in [3.8, 4) is 11.5 Å². The van der Waals surface area contributed by atoms with Gasteiger partial charge in [0, 0.05) is 53.9 Å². The summed E-state index contributed by atoms with van der Waals surface area (Å²) in [5.74, 6) is -0.480. The van der Waals surface area contributed by atoms with Crippen LogP contribution >= 0.6 is 11.8 Å². The van der Waals surface area contributed by atoms with E-state index in [1.165, 1.54) is 12.1 Å². The fourth-order valence-corrected chi connectivity index (χ4v) is 12.2. The van der Waals surface area contributed by atoms with Crippen LogP contribution in [0.25, 0.3) is 10.8 Å². The van der Waals surface area contributed by atoms with E-state index in [1.807, 2.05) is 97.1 Å². The van der Waals surface area contributed by atoms with Crippen LogP contribution in [0.2, 0.25) is 0 Å². The lowest BCUT2D eigenvalue weighted by Gasteiger charge is -2.60. The van der Waals surface area contributed by atoms with Gasteiger partial charge in [0.25, 0.3) is 5.69 Å². The molecule has 0 spiro atoms. The number of nitro groups is 1. The van der Waals surface area contributed by atoms with Crippen LogP contribution in [0.1, 0.15) is 73.1 Å². The van der Waals surface area contributed by atoms with Crippen LogP contribution in [0.5, 0.6) is 11.5 Å². The summed E-state index contributed by atoms with van der Waals surface area (Å²) in [6.07, 6.45) is 7.80. The second-order valence-electron chi connectivity index (χ2n) is 19.9. The van der Waals surface area contributed by atoms with Crippen molar-refractivity contribution in [3.05, 3.63) is 202 Å². The predicted octanol–water partition coefficient (Wildman–Crippen LogP) is 12.6. The van der Waals surface area contributed by atoms with Gasteiger partial charge in [0.15, 0.2) is 0 Å². The second kappa shape index (κ2) is 27.5. The molecule has 6 unspecified atom stereocenters. The van der Waals surface area contributed by atoms with Crippen molar-refractivity contribution in [3.63, 3.8) is 0 Å². The van der Waals surface area contributed by atoms with Crippen LogP contribution in [0.3, 0.4) is 0 Å². The highest BCUT2D eigenvalue weighted by molar-refractivity contribution is 7.99. The van der Waals surface area contributed by atoms with Crippen molar-refractivity contribution in [2.24, 2.45) is 22.9 Å². The maximum atomic E-state index is 15.4. The van der Waals surface area contributed by atoms with Gasteiger partial charge in [0.1, 0.15) is 30.8 Å². The molecule has 1 heterocycles. The maximum Gasteiger partial charge on any atom is 0.410 e. The largest absolute Gasteiger partial charge is 0.493 e. The molecule has 9 rings (SSSR count). The number of rotatable bonds is 28. The lowest BCUT2D eigenvalue weighted by Crippen LogP contribution is -2.70. The highest BCUT2D eigenvalue weighted by atomic mass is 32.2. The maximum absolute atomic E-state index is 15.4. The Morgan fingerprint density at radius 1 is 0.833 bits per heavy atom. The van der Waals surface area contributed by atoms with E-state index in [0.29, 0.717) is 48.8 Å². The van der Waals surface area contributed by atoms with Crippen molar-refractivity contribution in [2.45, 2.75) is 87.3 Å². The zero-order chi connectivity index (χ0) is 54.1. The van der Waals surface area contributed by atoms with Gasteiger partial charge in [-0.05, 0) is 113 Å². The smallest absolute Gasteiger partial charge is 0.410 e. The number of nitro benzene ring substituents is 1. The first-order valence-electron chi connectivity index (χ1n) is 27.1. The summed E-state index contributed by atoms with van der Waals surface area (Å²) in [4.78, 5) is 35.7. The molecular weight excluding hydrogens is 1010 g/mol. The summed E-state index contributed by atoms with van der Waals surface area (Å²) in [5.41, 5.74) is 4.92. The fourth-order valence-electron chi connectivity index (χ4n) is 11.4. The van der Waals surface area contributed by atoms with Crippen LogP contribution in [-0.2, 0) is 38.8 Å². The number of aliphatic hydroxyl groups is 2. The number of carbonyl (C=O) groups is 1. The van der Waals surface area contributed by atoms with Crippen LogP contribution in [-0.4, -0.2) is 89.1 Å². The molecule has 6 aromatic rings. The number of ether oxygens (including phenoxy) is 5. The van der Waals surface area contributed by atoms with Crippen molar-refractivity contribution >= 4 is 40.0 Å². The third-order valence-corrected chi connectivity index (χ3v) is 15.9. The molecular formula is C63H69N3O11S. The molecule has 408 valence electrons. The number of fused-ring (bicyclic) bond motifs is 3. The molecule has 15 heteroatoms. The Balaban J connectivity index is 1.18. The van der Waals surface area contributed by atoms with Gasteiger partial charge in [0.2, 0.25) is 5.79 Å². The van der Waals surface area contributed by atoms with Crippen molar-refractivity contribution < 1.29 is 48.5 Å². The van der Waals surface area contributed by atoms with E-state index in [0.717, 1.165) is 69.4 Å². The Morgan fingerprint density at radius 2 is 1.56 bits per heavy atom. The van der Waals surface area contributed by atoms with Gasteiger partial charge in [0.05, 0.1) is 49.5 Å². The minimum atomic E-state index is -1.57. The first-order valence-corrected chi connectivity index (χ1v) is 28.0. The van der Waals surface area contributed by atoms with E-state index in [4.69, 9.17) is 33.7 Å². The zero-order valence-corrected chi connectivity index (χ0v) is 44.8. The minimum absolute atomic E-state index is 0.00884. The van der Waals surface area contributed by atoms with Gasteiger partial charge >= 0.3 is 6.09 Å². The van der Waals surface area contributed by atoms with Crippen LogP contribution in [0.15, 0.2) is 180 Å². The molecule has 0 saturated heterocycles. The number of carbonyl (C=O) groups excluding carboxylic acids is 1. The quantitative estimate of drug-likeness (QED) is 0.0157.